The second kappa shape index (κ2) is 5.20. The van der Waals surface area contributed by atoms with Gasteiger partial charge in [-0.05, 0) is 6.07 Å². The maximum atomic E-state index is 12.6. The Balaban J connectivity index is 3.22. The van der Waals surface area contributed by atoms with Crippen molar-refractivity contribution < 1.29 is 18.7 Å². The lowest BCUT2D eigenvalue weighted by Crippen LogP contribution is -2.08. The molecule has 7 heteroatoms. The van der Waals surface area contributed by atoms with E-state index in [9.17, 15) is 13.6 Å². The third-order valence-corrected chi connectivity index (χ3v) is 2.45. The van der Waals surface area contributed by atoms with E-state index in [1.54, 1.807) is 0 Å². The molecular formula is C9H9BrF2N2O2. The van der Waals surface area contributed by atoms with E-state index < -0.39 is 18.8 Å². The molecule has 0 radical (unpaired) electrons. The van der Waals surface area contributed by atoms with Crippen LogP contribution >= 0.6 is 15.9 Å². The minimum absolute atomic E-state index is 0.0754. The second-order valence-corrected chi connectivity index (χ2v) is 3.63. The number of nitrogen functional groups attached to an aromatic ring is 1. The van der Waals surface area contributed by atoms with Crippen LogP contribution in [0.4, 0.5) is 14.5 Å². The normalized spacial score (nSPS) is 10.8. The van der Waals surface area contributed by atoms with Gasteiger partial charge in [0.2, 0.25) is 0 Å². The quantitative estimate of drug-likeness (QED) is 0.834. The Morgan fingerprint density at radius 3 is 2.69 bits per heavy atom. The first-order valence-corrected chi connectivity index (χ1v) is 5.42. The topological polar surface area (TPSA) is 76.2 Å². The number of halogens is 3. The summed E-state index contributed by atoms with van der Waals surface area (Å²) in [7, 11) is 0. The molecule has 88 valence electrons. The summed E-state index contributed by atoms with van der Waals surface area (Å²) in [6.07, 6.45) is -3.15. The number of hydrogen-bond acceptors (Lipinski definition) is 3. The molecular weight excluding hydrogens is 286 g/mol. The molecule has 16 heavy (non-hydrogen) atoms. The Kier molecular flexibility index (Phi) is 4.17. The van der Waals surface area contributed by atoms with E-state index in [1.807, 2.05) is 0 Å². The summed E-state index contributed by atoms with van der Waals surface area (Å²) < 4.78 is 25.2. The van der Waals surface area contributed by atoms with Crippen LogP contribution in [-0.2, 0) is 16.5 Å². The summed E-state index contributed by atoms with van der Waals surface area (Å²) >= 11 is 3.06. The highest BCUT2D eigenvalue weighted by Crippen LogP contribution is 2.28. The van der Waals surface area contributed by atoms with E-state index in [0.717, 1.165) is 6.07 Å². The van der Waals surface area contributed by atoms with Gasteiger partial charge in [-0.15, -0.1) is 0 Å². The SMILES string of the molecule is Nc1c(C(F)F)cc(CC(=O)O)nc1CBr. The van der Waals surface area contributed by atoms with Crippen molar-refractivity contribution >= 4 is 27.6 Å². The van der Waals surface area contributed by atoms with E-state index in [4.69, 9.17) is 10.8 Å². The van der Waals surface area contributed by atoms with Crippen molar-refractivity contribution in [1.82, 2.24) is 4.98 Å². The van der Waals surface area contributed by atoms with Crippen LogP contribution in [0.1, 0.15) is 23.4 Å². The molecule has 0 aliphatic carbocycles. The van der Waals surface area contributed by atoms with Crippen LogP contribution in [0.2, 0.25) is 0 Å². The monoisotopic (exact) mass is 294 g/mol. The van der Waals surface area contributed by atoms with Crippen molar-refractivity contribution in [3.63, 3.8) is 0 Å². The summed E-state index contributed by atoms with van der Waals surface area (Å²) in [5, 5.41) is 8.76. The Labute approximate surface area is 98.6 Å². The van der Waals surface area contributed by atoms with Gasteiger partial charge in [0, 0.05) is 10.9 Å². The summed E-state index contributed by atoms with van der Waals surface area (Å²) in [5.74, 6) is -1.13. The van der Waals surface area contributed by atoms with Crippen LogP contribution in [0.5, 0.6) is 0 Å². The number of rotatable bonds is 4. The van der Waals surface area contributed by atoms with Gasteiger partial charge in [0.1, 0.15) is 0 Å². The molecule has 1 aromatic heterocycles. The van der Waals surface area contributed by atoms with Gasteiger partial charge >= 0.3 is 5.97 Å². The van der Waals surface area contributed by atoms with E-state index in [2.05, 4.69) is 20.9 Å². The molecule has 0 aromatic carbocycles. The molecule has 0 fully saturated rings. The van der Waals surface area contributed by atoms with Gasteiger partial charge in [0.15, 0.2) is 0 Å². The third-order valence-electron chi connectivity index (χ3n) is 1.92. The van der Waals surface area contributed by atoms with Crippen LogP contribution in [0, 0.1) is 0 Å². The fourth-order valence-corrected chi connectivity index (χ4v) is 1.65. The van der Waals surface area contributed by atoms with Gasteiger partial charge in [-0.3, -0.25) is 9.78 Å². The third kappa shape index (κ3) is 2.88. The standard InChI is InChI=1S/C9H9BrF2N2O2/c10-3-6-8(13)5(9(11)12)1-4(14-6)2-7(15)16/h1,9H,2-3,13H2,(H,15,16). The van der Waals surface area contributed by atoms with E-state index in [0.29, 0.717) is 0 Å². The van der Waals surface area contributed by atoms with Gasteiger partial charge in [0.05, 0.1) is 23.5 Å². The zero-order valence-electron chi connectivity index (χ0n) is 8.08. The molecule has 3 N–H and O–H groups in total. The first kappa shape index (κ1) is 12.8. The molecule has 4 nitrogen and oxygen atoms in total. The minimum Gasteiger partial charge on any atom is -0.481 e. The molecule has 0 unspecified atom stereocenters. The number of nitrogens with zero attached hydrogens (tertiary/aromatic N) is 1. The summed E-state index contributed by atoms with van der Waals surface area (Å²) in [6.45, 7) is 0. The predicted molar refractivity (Wildman–Crippen MR) is 57.6 cm³/mol. The summed E-state index contributed by atoms with van der Waals surface area (Å²) in [5.41, 5.74) is 5.31. The number of aromatic nitrogens is 1. The number of hydrogen-bond donors (Lipinski definition) is 2. The molecule has 0 bridgehead atoms. The highest BCUT2D eigenvalue weighted by Gasteiger charge is 2.17. The maximum absolute atomic E-state index is 12.6. The predicted octanol–water partition coefficient (Wildman–Crippen LogP) is 2.12. The number of carboxylic acids is 1. The fraction of sp³-hybridized carbons (Fsp3) is 0.333. The number of carbonyl (C=O) groups is 1. The van der Waals surface area contributed by atoms with Crippen molar-refractivity contribution in [1.29, 1.82) is 0 Å². The highest BCUT2D eigenvalue weighted by molar-refractivity contribution is 9.08. The molecule has 0 saturated heterocycles. The first-order chi connectivity index (χ1) is 7.45. The van der Waals surface area contributed by atoms with Crippen LogP contribution in [0.25, 0.3) is 0 Å². The van der Waals surface area contributed by atoms with Crippen LogP contribution in [0.15, 0.2) is 6.07 Å². The van der Waals surface area contributed by atoms with E-state index in [-0.39, 0.29) is 28.0 Å². The number of pyridine rings is 1. The lowest BCUT2D eigenvalue weighted by Gasteiger charge is -2.10. The molecule has 1 rings (SSSR count). The van der Waals surface area contributed by atoms with Crippen LogP contribution < -0.4 is 5.73 Å². The molecule has 1 heterocycles. The first-order valence-electron chi connectivity index (χ1n) is 4.29. The van der Waals surface area contributed by atoms with Gasteiger partial charge in [-0.1, -0.05) is 15.9 Å². The van der Waals surface area contributed by atoms with Crippen LogP contribution in [-0.4, -0.2) is 16.1 Å². The average Bonchev–Trinajstić information content (AvgIpc) is 2.19. The van der Waals surface area contributed by atoms with Crippen molar-refractivity contribution in [3.8, 4) is 0 Å². The molecule has 0 atom stereocenters. The molecule has 0 amide bonds. The molecule has 0 aliphatic heterocycles. The van der Waals surface area contributed by atoms with Gasteiger partial charge in [-0.2, -0.15) is 0 Å². The van der Waals surface area contributed by atoms with Gasteiger partial charge in [-0.25, -0.2) is 8.78 Å². The number of nitrogens with two attached hydrogens (primary N) is 1. The van der Waals surface area contributed by atoms with Crippen molar-refractivity contribution in [2.75, 3.05) is 5.73 Å². The lowest BCUT2D eigenvalue weighted by molar-refractivity contribution is -0.136. The number of alkyl halides is 3. The molecule has 1 aromatic rings. The highest BCUT2D eigenvalue weighted by atomic mass is 79.9. The molecule has 0 saturated carbocycles. The molecule has 0 aliphatic rings. The van der Waals surface area contributed by atoms with E-state index >= 15 is 0 Å². The van der Waals surface area contributed by atoms with E-state index in [1.165, 1.54) is 0 Å². The van der Waals surface area contributed by atoms with Crippen molar-refractivity contribution in [3.05, 3.63) is 23.0 Å². The zero-order valence-corrected chi connectivity index (χ0v) is 9.67. The maximum Gasteiger partial charge on any atom is 0.309 e. The minimum atomic E-state index is -2.74. The summed E-state index contributed by atoms with van der Waals surface area (Å²) in [4.78, 5) is 14.4. The Hall–Kier alpha value is -1.24. The average molecular weight is 295 g/mol. The second-order valence-electron chi connectivity index (χ2n) is 3.07. The Morgan fingerprint density at radius 1 is 1.62 bits per heavy atom. The Morgan fingerprint density at radius 2 is 2.25 bits per heavy atom. The lowest BCUT2D eigenvalue weighted by atomic mass is 10.1. The number of aliphatic carboxylic acids is 1. The Bertz CT molecular complexity index is 413. The van der Waals surface area contributed by atoms with Crippen molar-refractivity contribution in [2.24, 2.45) is 0 Å². The largest absolute Gasteiger partial charge is 0.481 e. The molecule has 0 spiro atoms. The smallest absolute Gasteiger partial charge is 0.309 e. The summed E-state index contributed by atoms with van der Waals surface area (Å²) in [6, 6.07) is 1.03. The van der Waals surface area contributed by atoms with Gasteiger partial charge < -0.3 is 10.8 Å². The van der Waals surface area contributed by atoms with Crippen LogP contribution in [0.3, 0.4) is 0 Å². The van der Waals surface area contributed by atoms with Gasteiger partial charge in [0.25, 0.3) is 6.43 Å². The van der Waals surface area contributed by atoms with Crippen molar-refractivity contribution in [2.45, 2.75) is 18.2 Å². The zero-order chi connectivity index (χ0) is 12.3. The fourth-order valence-electron chi connectivity index (χ4n) is 1.22. The number of anilines is 1. The number of carboxylic acid groups (broad SMARTS) is 1.